The highest BCUT2D eigenvalue weighted by molar-refractivity contribution is 5.30. The number of aliphatic hydroxyl groups is 1. The van der Waals surface area contributed by atoms with E-state index in [1.54, 1.807) is 19.4 Å². The van der Waals surface area contributed by atoms with Crippen molar-refractivity contribution in [2.45, 2.75) is 26.1 Å². The van der Waals surface area contributed by atoms with Crippen molar-refractivity contribution >= 4 is 5.82 Å². The lowest BCUT2D eigenvalue weighted by Crippen LogP contribution is -2.48. The van der Waals surface area contributed by atoms with Gasteiger partial charge in [0.2, 0.25) is 0 Å². The van der Waals surface area contributed by atoms with Crippen molar-refractivity contribution in [3.05, 3.63) is 22.7 Å². The number of aliphatic hydroxyl groups excluding tert-OH is 1. The second-order valence-electron chi connectivity index (χ2n) is 6.14. The van der Waals surface area contributed by atoms with Crippen LogP contribution in [0.3, 0.4) is 0 Å². The van der Waals surface area contributed by atoms with E-state index in [0.29, 0.717) is 25.5 Å². The van der Waals surface area contributed by atoms with Crippen LogP contribution in [-0.4, -0.2) is 64.6 Å². The molecule has 2 N–H and O–H groups in total. The van der Waals surface area contributed by atoms with Crippen molar-refractivity contribution < 1.29 is 9.84 Å². The maximum Gasteiger partial charge on any atom is 0.293 e. The number of nitrogens with zero attached hydrogens (tertiary/aromatic N) is 3. The van der Waals surface area contributed by atoms with Gasteiger partial charge < -0.3 is 19.7 Å². The van der Waals surface area contributed by atoms with E-state index in [-0.39, 0.29) is 23.7 Å². The van der Waals surface area contributed by atoms with Crippen LogP contribution in [0.4, 0.5) is 5.82 Å². The molecule has 0 aromatic carbocycles. The molecule has 2 unspecified atom stereocenters. The van der Waals surface area contributed by atoms with Crippen molar-refractivity contribution in [2.24, 2.45) is 13.0 Å². The zero-order valence-electron chi connectivity index (χ0n) is 13.5. The van der Waals surface area contributed by atoms with Crippen LogP contribution in [0, 0.1) is 5.92 Å². The van der Waals surface area contributed by atoms with Crippen LogP contribution < -0.4 is 10.9 Å². The Hall–Kier alpha value is -1.44. The fourth-order valence-corrected chi connectivity index (χ4v) is 2.37. The molecule has 0 spiro atoms. The van der Waals surface area contributed by atoms with E-state index in [0.717, 1.165) is 13.1 Å². The maximum atomic E-state index is 11.9. The summed E-state index contributed by atoms with van der Waals surface area (Å²) in [4.78, 5) is 18.1. The fraction of sp³-hybridized carbons (Fsp3) is 0.733. The summed E-state index contributed by atoms with van der Waals surface area (Å²) in [5.41, 5.74) is -0.148. The number of aryl methyl sites for hydroxylation is 1. The maximum absolute atomic E-state index is 11.9. The summed E-state index contributed by atoms with van der Waals surface area (Å²) in [6.45, 7) is 7.42. The standard InChI is InChI=1S/C15H26N4O3/c1-11(2)13(20)10-19-6-7-22-12(9-19)8-17-14-15(21)18(3)5-4-16-14/h4-5,11-13,20H,6-10H2,1-3H3,(H,16,17). The molecule has 2 rings (SSSR count). The van der Waals surface area contributed by atoms with Gasteiger partial charge in [0.05, 0.1) is 18.8 Å². The van der Waals surface area contributed by atoms with Crippen LogP contribution in [0.5, 0.6) is 0 Å². The van der Waals surface area contributed by atoms with Gasteiger partial charge in [0.1, 0.15) is 0 Å². The smallest absolute Gasteiger partial charge is 0.293 e. The summed E-state index contributed by atoms with van der Waals surface area (Å²) < 4.78 is 7.21. The minimum absolute atomic E-state index is 0.0141. The topological polar surface area (TPSA) is 79.6 Å². The van der Waals surface area contributed by atoms with Gasteiger partial charge in [0, 0.05) is 45.6 Å². The van der Waals surface area contributed by atoms with Gasteiger partial charge in [-0.15, -0.1) is 0 Å². The van der Waals surface area contributed by atoms with Crippen LogP contribution in [0.2, 0.25) is 0 Å². The van der Waals surface area contributed by atoms with Gasteiger partial charge in [-0.25, -0.2) is 4.98 Å². The summed E-state index contributed by atoms with van der Waals surface area (Å²) in [5, 5.41) is 13.0. The predicted molar refractivity (Wildman–Crippen MR) is 85.0 cm³/mol. The minimum atomic E-state index is -0.324. The third-order valence-corrected chi connectivity index (χ3v) is 3.95. The van der Waals surface area contributed by atoms with Gasteiger partial charge in [-0.2, -0.15) is 0 Å². The Morgan fingerprint density at radius 1 is 1.55 bits per heavy atom. The first-order valence-corrected chi connectivity index (χ1v) is 7.75. The van der Waals surface area contributed by atoms with Crippen LogP contribution in [0.1, 0.15) is 13.8 Å². The molecule has 124 valence electrons. The van der Waals surface area contributed by atoms with Crippen molar-refractivity contribution in [1.82, 2.24) is 14.5 Å². The molecule has 0 aliphatic carbocycles. The average molecular weight is 310 g/mol. The number of aromatic nitrogens is 2. The predicted octanol–water partition coefficient (Wildman–Crippen LogP) is -0.0901. The monoisotopic (exact) mass is 310 g/mol. The highest BCUT2D eigenvalue weighted by atomic mass is 16.5. The number of morpholine rings is 1. The van der Waals surface area contributed by atoms with Crippen LogP contribution in [-0.2, 0) is 11.8 Å². The Kier molecular flexibility index (Phi) is 5.93. The van der Waals surface area contributed by atoms with Gasteiger partial charge in [0.25, 0.3) is 5.56 Å². The zero-order valence-corrected chi connectivity index (χ0v) is 13.5. The molecule has 0 radical (unpaired) electrons. The molecular weight excluding hydrogens is 284 g/mol. The molecule has 0 saturated carbocycles. The molecule has 7 nitrogen and oxygen atoms in total. The first kappa shape index (κ1) is 16.9. The van der Waals surface area contributed by atoms with E-state index < -0.39 is 0 Å². The Morgan fingerprint density at radius 2 is 2.32 bits per heavy atom. The Bertz CT molecular complexity index is 532. The summed E-state index contributed by atoms with van der Waals surface area (Å²) in [7, 11) is 1.70. The lowest BCUT2D eigenvalue weighted by atomic mass is 10.1. The first-order chi connectivity index (χ1) is 10.5. The minimum Gasteiger partial charge on any atom is -0.392 e. The number of rotatable bonds is 6. The molecule has 2 atom stereocenters. The SMILES string of the molecule is CC(C)C(O)CN1CCOC(CNc2nccn(C)c2=O)C1. The third kappa shape index (κ3) is 4.53. The van der Waals surface area contributed by atoms with Gasteiger partial charge in [-0.3, -0.25) is 9.69 Å². The first-order valence-electron chi connectivity index (χ1n) is 7.75. The van der Waals surface area contributed by atoms with Crippen molar-refractivity contribution in [2.75, 3.05) is 38.1 Å². The highest BCUT2D eigenvalue weighted by Crippen LogP contribution is 2.10. The number of anilines is 1. The molecule has 0 amide bonds. The fourth-order valence-electron chi connectivity index (χ4n) is 2.37. The Labute approximate surface area is 130 Å². The number of nitrogens with one attached hydrogen (secondary N) is 1. The van der Waals surface area contributed by atoms with Gasteiger partial charge in [-0.1, -0.05) is 13.8 Å². The molecular formula is C15H26N4O3. The summed E-state index contributed by atoms with van der Waals surface area (Å²) in [6, 6.07) is 0. The van der Waals surface area contributed by atoms with Gasteiger partial charge >= 0.3 is 0 Å². The second-order valence-corrected chi connectivity index (χ2v) is 6.14. The molecule has 1 aromatic heterocycles. The van der Waals surface area contributed by atoms with Gasteiger partial charge in [-0.05, 0) is 5.92 Å². The summed E-state index contributed by atoms with van der Waals surface area (Å²) in [5.74, 6) is 0.587. The van der Waals surface area contributed by atoms with Crippen LogP contribution in [0.15, 0.2) is 17.2 Å². The zero-order chi connectivity index (χ0) is 16.1. The average Bonchev–Trinajstić information content (AvgIpc) is 2.49. The van der Waals surface area contributed by atoms with Crippen LogP contribution >= 0.6 is 0 Å². The molecule has 1 saturated heterocycles. The number of hydrogen-bond donors (Lipinski definition) is 2. The Balaban J connectivity index is 1.85. The molecule has 0 bridgehead atoms. The third-order valence-electron chi connectivity index (χ3n) is 3.95. The molecule has 1 fully saturated rings. The summed E-state index contributed by atoms with van der Waals surface area (Å²) in [6.07, 6.45) is 2.88. The normalized spacial score (nSPS) is 21.0. The molecule has 1 aromatic rings. The molecule has 7 heteroatoms. The second kappa shape index (κ2) is 7.71. The number of hydrogen-bond acceptors (Lipinski definition) is 6. The van der Waals surface area contributed by atoms with E-state index >= 15 is 0 Å². The van der Waals surface area contributed by atoms with E-state index in [1.807, 2.05) is 13.8 Å². The highest BCUT2D eigenvalue weighted by Gasteiger charge is 2.23. The van der Waals surface area contributed by atoms with Crippen molar-refractivity contribution in [3.63, 3.8) is 0 Å². The lowest BCUT2D eigenvalue weighted by molar-refractivity contribution is -0.0389. The van der Waals surface area contributed by atoms with E-state index in [9.17, 15) is 9.90 Å². The Morgan fingerprint density at radius 3 is 3.05 bits per heavy atom. The van der Waals surface area contributed by atoms with Crippen molar-refractivity contribution in [3.8, 4) is 0 Å². The molecule has 1 aliphatic rings. The number of β-amino-alcohol motifs (C(OH)–C–C–N with tert-alkyl or cyclic N) is 1. The van der Waals surface area contributed by atoms with E-state index in [2.05, 4.69) is 15.2 Å². The van der Waals surface area contributed by atoms with Crippen LogP contribution in [0.25, 0.3) is 0 Å². The largest absolute Gasteiger partial charge is 0.392 e. The van der Waals surface area contributed by atoms with E-state index in [1.165, 1.54) is 4.57 Å². The lowest BCUT2D eigenvalue weighted by Gasteiger charge is -2.34. The van der Waals surface area contributed by atoms with Crippen molar-refractivity contribution in [1.29, 1.82) is 0 Å². The van der Waals surface area contributed by atoms with Gasteiger partial charge in [0.15, 0.2) is 5.82 Å². The quantitative estimate of drug-likeness (QED) is 0.764. The molecule has 2 heterocycles. The van der Waals surface area contributed by atoms with E-state index in [4.69, 9.17) is 4.74 Å². The number of ether oxygens (including phenoxy) is 1. The molecule has 22 heavy (non-hydrogen) atoms. The summed E-state index contributed by atoms with van der Waals surface area (Å²) >= 11 is 0. The molecule has 1 aliphatic heterocycles.